The molecule has 1 unspecified atom stereocenters. The van der Waals surface area contributed by atoms with Crippen molar-refractivity contribution in [1.82, 2.24) is 9.88 Å². The van der Waals surface area contributed by atoms with Crippen LogP contribution >= 0.6 is 23.1 Å². The maximum atomic E-state index is 11.3. The molecule has 0 aliphatic carbocycles. The molecule has 1 saturated heterocycles. The van der Waals surface area contributed by atoms with Crippen LogP contribution in [0.1, 0.15) is 11.5 Å². The van der Waals surface area contributed by atoms with E-state index >= 15 is 0 Å². The lowest BCUT2D eigenvalue weighted by atomic mass is 10.2. The Balaban J connectivity index is 1.79. The van der Waals surface area contributed by atoms with Gasteiger partial charge in [0.05, 0.1) is 10.6 Å². The van der Waals surface area contributed by atoms with E-state index in [0.29, 0.717) is 18.2 Å². The molecular formula is C14H16N2O3S2. The van der Waals surface area contributed by atoms with Gasteiger partial charge >= 0.3 is 5.97 Å². The molecule has 1 fully saturated rings. The Morgan fingerprint density at radius 2 is 2.48 bits per heavy atom. The van der Waals surface area contributed by atoms with Crippen molar-refractivity contribution in [3.63, 3.8) is 0 Å². The summed E-state index contributed by atoms with van der Waals surface area (Å²) in [6.07, 6.45) is 0. The highest BCUT2D eigenvalue weighted by Gasteiger charge is 2.30. The average Bonchev–Trinajstić information content (AvgIpc) is 3.10. The van der Waals surface area contributed by atoms with Crippen LogP contribution < -0.4 is 0 Å². The van der Waals surface area contributed by atoms with E-state index in [1.165, 1.54) is 0 Å². The van der Waals surface area contributed by atoms with Gasteiger partial charge in [-0.25, -0.2) is 4.98 Å². The van der Waals surface area contributed by atoms with Gasteiger partial charge < -0.3 is 9.52 Å². The van der Waals surface area contributed by atoms with Crippen molar-refractivity contribution < 1.29 is 14.3 Å². The molecule has 0 spiro atoms. The first-order chi connectivity index (χ1) is 10.1. The fourth-order valence-corrected chi connectivity index (χ4v) is 4.08. The first-order valence-corrected chi connectivity index (χ1v) is 8.73. The van der Waals surface area contributed by atoms with Gasteiger partial charge in [-0.3, -0.25) is 9.69 Å². The molecule has 1 N–H and O–H groups in total. The highest BCUT2D eigenvalue weighted by Crippen LogP contribution is 2.27. The standard InChI is InChI=1S/C14H16N2O3S2/c1-9-10(15-13(19-9)12-3-2-5-21-12)7-16-4-6-20-8-11(16)14(17)18/h2-3,5,11H,4,6-8H2,1H3,(H,17,18). The quantitative estimate of drug-likeness (QED) is 0.933. The molecule has 0 aromatic carbocycles. The summed E-state index contributed by atoms with van der Waals surface area (Å²) >= 11 is 3.27. The second-order valence-corrected chi connectivity index (χ2v) is 7.00. The predicted octanol–water partition coefficient (Wildman–Crippen LogP) is 2.71. The molecule has 0 saturated carbocycles. The summed E-state index contributed by atoms with van der Waals surface area (Å²) in [5, 5.41) is 11.3. The Hall–Kier alpha value is -1.31. The van der Waals surface area contributed by atoms with Crippen LogP contribution in [-0.4, -0.2) is 45.1 Å². The van der Waals surface area contributed by atoms with Gasteiger partial charge in [-0.2, -0.15) is 11.8 Å². The van der Waals surface area contributed by atoms with E-state index in [-0.39, 0.29) is 0 Å². The number of aryl methyl sites for hydroxylation is 1. The van der Waals surface area contributed by atoms with Crippen LogP contribution in [0.3, 0.4) is 0 Å². The van der Waals surface area contributed by atoms with Crippen molar-refractivity contribution in [2.75, 3.05) is 18.1 Å². The van der Waals surface area contributed by atoms with Crippen LogP contribution in [0.15, 0.2) is 21.9 Å². The van der Waals surface area contributed by atoms with Gasteiger partial charge in [-0.05, 0) is 18.4 Å². The second-order valence-electron chi connectivity index (χ2n) is 4.90. The number of nitrogens with zero attached hydrogens (tertiary/aromatic N) is 2. The van der Waals surface area contributed by atoms with Crippen LogP contribution in [0.5, 0.6) is 0 Å². The molecule has 1 aliphatic heterocycles. The van der Waals surface area contributed by atoms with Crippen LogP contribution in [-0.2, 0) is 11.3 Å². The molecule has 3 rings (SSSR count). The first-order valence-electron chi connectivity index (χ1n) is 6.70. The lowest BCUT2D eigenvalue weighted by Crippen LogP contribution is -2.46. The van der Waals surface area contributed by atoms with E-state index in [4.69, 9.17) is 4.42 Å². The van der Waals surface area contributed by atoms with E-state index in [1.54, 1.807) is 23.1 Å². The van der Waals surface area contributed by atoms with Gasteiger partial charge in [0.25, 0.3) is 0 Å². The Morgan fingerprint density at radius 3 is 3.19 bits per heavy atom. The third-order valence-corrected chi connectivity index (χ3v) is 5.38. The number of thiophene rings is 1. The molecule has 2 aromatic heterocycles. The number of carboxylic acids is 1. The number of carboxylic acid groups (broad SMARTS) is 1. The molecule has 0 amide bonds. The minimum Gasteiger partial charge on any atom is -0.480 e. The Morgan fingerprint density at radius 1 is 1.62 bits per heavy atom. The Kier molecular flexibility index (Phi) is 4.32. The van der Waals surface area contributed by atoms with Crippen LogP contribution in [0, 0.1) is 6.92 Å². The first kappa shape index (κ1) is 14.6. The minimum absolute atomic E-state index is 0.440. The number of hydrogen-bond acceptors (Lipinski definition) is 6. The highest BCUT2D eigenvalue weighted by atomic mass is 32.2. The summed E-state index contributed by atoms with van der Waals surface area (Å²) in [5.74, 6) is 2.21. The molecular weight excluding hydrogens is 308 g/mol. The molecule has 0 radical (unpaired) electrons. The largest absolute Gasteiger partial charge is 0.480 e. The van der Waals surface area contributed by atoms with Gasteiger partial charge in [0, 0.05) is 24.6 Å². The minimum atomic E-state index is -0.762. The van der Waals surface area contributed by atoms with Gasteiger partial charge in [-0.15, -0.1) is 11.3 Å². The van der Waals surface area contributed by atoms with E-state index in [1.807, 2.05) is 29.3 Å². The van der Waals surface area contributed by atoms with E-state index in [0.717, 1.165) is 28.6 Å². The maximum absolute atomic E-state index is 11.3. The molecule has 5 nitrogen and oxygen atoms in total. The zero-order valence-corrected chi connectivity index (χ0v) is 13.2. The third-order valence-electron chi connectivity index (χ3n) is 3.50. The number of thioether (sulfide) groups is 1. The molecule has 1 aliphatic rings. The monoisotopic (exact) mass is 324 g/mol. The molecule has 3 heterocycles. The molecule has 0 bridgehead atoms. The van der Waals surface area contributed by atoms with Gasteiger partial charge in [-0.1, -0.05) is 6.07 Å². The van der Waals surface area contributed by atoms with Crippen molar-refractivity contribution >= 4 is 29.1 Å². The van der Waals surface area contributed by atoms with Gasteiger partial charge in [0.15, 0.2) is 0 Å². The van der Waals surface area contributed by atoms with Crippen LogP contribution in [0.2, 0.25) is 0 Å². The topological polar surface area (TPSA) is 66.6 Å². The lowest BCUT2D eigenvalue weighted by molar-refractivity contribution is -0.142. The normalized spacial score (nSPS) is 19.8. The number of aromatic nitrogens is 1. The number of aliphatic carboxylic acids is 1. The molecule has 7 heteroatoms. The fourth-order valence-electron chi connectivity index (χ4n) is 2.33. The average molecular weight is 324 g/mol. The molecule has 112 valence electrons. The zero-order chi connectivity index (χ0) is 14.8. The van der Waals surface area contributed by atoms with Crippen molar-refractivity contribution in [2.45, 2.75) is 19.5 Å². The third kappa shape index (κ3) is 3.14. The summed E-state index contributed by atoms with van der Waals surface area (Å²) in [6.45, 7) is 3.18. The van der Waals surface area contributed by atoms with Gasteiger partial charge in [0.1, 0.15) is 11.8 Å². The van der Waals surface area contributed by atoms with Crippen molar-refractivity contribution in [2.24, 2.45) is 0 Å². The van der Waals surface area contributed by atoms with Crippen LogP contribution in [0.4, 0.5) is 0 Å². The van der Waals surface area contributed by atoms with E-state index in [2.05, 4.69) is 4.98 Å². The molecule has 21 heavy (non-hydrogen) atoms. The summed E-state index contributed by atoms with van der Waals surface area (Å²) in [6, 6.07) is 3.49. The zero-order valence-electron chi connectivity index (χ0n) is 11.6. The van der Waals surface area contributed by atoms with Crippen molar-refractivity contribution in [3.8, 4) is 10.8 Å². The SMILES string of the molecule is Cc1oc(-c2cccs2)nc1CN1CCSCC1C(=O)O. The van der Waals surface area contributed by atoms with E-state index in [9.17, 15) is 9.90 Å². The van der Waals surface area contributed by atoms with Crippen molar-refractivity contribution in [1.29, 1.82) is 0 Å². The fraction of sp³-hybridized carbons (Fsp3) is 0.429. The van der Waals surface area contributed by atoms with Crippen LogP contribution in [0.25, 0.3) is 10.8 Å². The van der Waals surface area contributed by atoms with E-state index < -0.39 is 12.0 Å². The van der Waals surface area contributed by atoms with Crippen molar-refractivity contribution in [3.05, 3.63) is 29.0 Å². The number of hydrogen-bond donors (Lipinski definition) is 1. The number of carbonyl (C=O) groups is 1. The number of oxazole rings is 1. The summed E-state index contributed by atoms with van der Waals surface area (Å²) < 4.78 is 5.72. The number of rotatable bonds is 4. The predicted molar refractivity (Wildman–Crippen MR) is 83.7 cm³/mol. The Bertz CT molecular complexity index is 624. The smallest absolute Gasteiger partial charge is 0.321 e. The second kappa shape index (κ2) is 6.21. The molecule has 1 atom stereocenters. The van der Waals surface area contributed by atoms with Gasteiger partial charge in [0.2, 0.25) is 5.89 Å². The lowest BCUT2D eigenvalue weighted by Gasteiger charge is -2.31. The summed E-state index contributed by atoms with van der Waals surface area (Å²) in [4.78, 5) is 18.8. The maximum Gasteiger partial charge on any atom is 0.321 e. The molecule has 2 aromatic rings. The summed E-state index contributed by atoms with van der Waals surface area (Å²) in [7, 11) is 0. The Labute approximate surface area is 131 Å². The summed E-state index contributed by atoms with van der Waals surface area (Å²) in [5.41, 5.74) is 0.830. The highest BCUT2D eigenvalue weighted by molar-refractivity contribution is 7.99.